The molecule has 1 aromatic heterocycles. The predicted octanol–water partition coefficient (Wildman–Crippen LogP) is 1.03. The monoisotopic (exact) mass is 278 g/mol. The molecule has 17 heavy (non-hydrogen) atoms. The summed E-state index contributed by atoms with van der Waals surface area (Å²) in [6.45, 7) is 3.59. The molecule has 0 fully saturated rings. The molecule has 5 nitrogen and oxygen atoms in total. The molecular formula is C10H15ClN2O3S. The Hall–Kier alpha value is -0.690. The Morgan fingerprint density at radius 2 is 2.12 bits per heavy atom. The number of hydrogen-bond donors (Lipinski definition) is 2. The summed E-state index contributed by atoms with van der Waals surface area (Å²) >= 11 is 5.56. The zero-order valence-corrected chi connectivity index (χ0v) is 11.2. The molecule has 0 aliphatic heterocycles. The maximum atomic E-state index is 11.8. The van der Waals surface area contributed by atoms with Crippen LogP contribution in [-0.2, 0) is 10.0 Å². The van der Waals surface area contributed by atoms with Crippen LogP contribution in [0, 0.1) is 5.92 Å². The van der Waals surface area contributed by atoms with Gasteiger partial charge in [0.15, 0.2) is 0 Å². The number of nitrogens with one attached hydrogen (secondary N) is 1. The van der Waals surface area contributed by atoms with Gasteiger partial charge < -0.3 is 5.11 Å². The smallest absolute Gasteiger partial charge is 0.242 e. The number of sulfonamides is 1. The molecule has 0 spiro atoms. The van der Waals surface area contributed by atoms with Crippen LogP contribution in [0.4, 0.5) is 0 Å². The van der Waals surface area contributed by atoms with Crippen molar-refractivity contribution in [2.75, 3.05) is 6.54 Å². The van der Waals surface area contributed by atoms with E-state index >= 15 is 0 Å². The van der Waals surface area contributed by atoms with Gasteiger partial charge in [-0.1, -0.05) is 25.4 Å². The van der Waals surface area contributed by atoms with Crippen molar-refractivity contribution >= 4 is 21.6 Å². The van der Waals surface area contributed by atoms with Crippen molar-refractivity contribution in [1.82, 2.24) is 9.71 Å². The molecule has 0 amide bonds. The molecule has 0 saturated heterocycles. The summed E-state index contributed by atoms with van der Waals surface area (Å²) in [4.78, 5) is 3.72. The standard InChI is InChI=1S/C10H15ClN2O3S/c1-7(2)9(14)6-13-17(15,16)8-3-4-10(11)12-5-8/h3-5,7,9,13-14H,6H2,1-2H3. The average molecular weight is 279 g/mol. The van der Waals surface area contributed by atoms with Gasteiger partial charge in [0.05, 0.1) is 6.10 Å². The van der Waals surface area contributed by atoms with Gasteiger partial charge in [-0.2, -0.15) is 0 Å². The van der Waals surface area contributed by atoms with E-state index in [2.05, 4.69) is 9.71 Å². The number of aliphatic hydroxyl groups excluding tert-OH is 1. The Balaban J connectivity index is 2.72. The predicted molar refractivity (Wildman–Crippen MR) is 65.3 cm³/mol. The van der Waals surface area contributed by atoms with Crippen LogP contribution in [0.1, 0.15) is 13.8 Å². The van der Waals surface area contributed by atoms with Gasteiger partial charge in [0.1, 0.15) is 10.0 Å². The van der Waals surface area contributed by atoms with E-state index in [1.807, 2.05) is 13.8 Å². The van der Waals surface area contributed by atoms with Gasteiger partial charge in [-0.15, -0.1) is 0 Å². The van der Waals surface area contributed by atoms with Crippen LogP contribution in [0.3, 0.4) is 0 Å². The van der Waals surface area contributed by atoms with Gasteiger partial charge in [-0.05, 0) is 18.1 Å². The fourth-order valence-corrected chi connectivity index (χ4v) is 2.14. The SMILES string of the molecule is CC(C)C(O)CNS(=O)(=O)c1ccc(Cl)nc1. The summed E-state index contributed by atoms with van der Waals surface area (Å²) in [6, 6.07) is 2.76. The van der Waals surface area contributed by atoms with Gasteiger partial charge in [-0.3, -0.25) is 0 Å². The molecule has 0 bridgehead atoms. The second-order valence-corrected chi connectivity index (χ2v) is 6.13. The van der Waals surface area contributed by atoms with Crippen molar-refractivity contribution in [3.05, 3.63) is 23.5 Å². The summed E-state index contributed by atoms with van der Waals surface area (Å²) in [6.07, 6.45) is 0.455. The minimum Gasteiger partial charge on any atom is -0.391 e. The lowest BCUT2D eigenvalue weighted by molar-refractivity contribution is 0.129. The lowest BCUT2D eigenvalue weighted by atomic mass is 10.1. The molecule has 1 heterocycles. The molecule has 7 heteroatoms. The summed E-state index contributed by atoms with van der Waals surface area (Å²) in [5, 5.41) is 9.75. The van der Waals surface area contributed by atoms with Crippen molar-refractivity contribution in [3.8, 4) is 0 Å². The van der Waals surface area contributed by atoms with E-state index in [4.69, 9.17) is 11.6 Å². The molecule has 0 aliphatic carbocycles. The van der Waals surface area contributed by atoms with Crippen LogP contribution in [0.25, 0.3) is 0 Å². The highest BCUT2D eigenvalue weighted by atomic mass is 35.5. The molecule has 1 aromatic rings. The zero-order chi connectivity index (χ0) is 13.1. The molecular weight excluding hydrogens is 264 g/mol. The maximum absolute atomic E-state index is 11.8. The quantitative estimate of drug-likeness (QED) is 0.789. The van der Waals surface area contributed by atoms with Gasteiger partial charge in [0.2, 0.25) is 10.0 Å². The summed E-state index contributed by atoms with van der Waals surface area (Å²) in [5.41, 5.74) is 0. The largest absolute Gasteiger partial charge is 0.391 e. The Kier molecular flexibility index (Phi) is 4.88. The van der Waals surface area contributed by atoms with Crippen molar-refractivity contribution in [1.29, 1.82) is 0 Å². The third-order valence-electron chi connectivity index (χ3n) is 2.26. The van der Waals surface area contributed by atoms with E-state index in [1.54, 1.807) is 0 Å². The molecule has 0 saturated carbocycles. The van der Waals surface area contributed by atoms with Gasteiger partial charge in [0.25, 0.3) is 0 Å². The zero-order valence-electron chi connectivity index (χ0n) is 9.59. The van der Waals surface area contributed by atoms with Crippen molar-refractivity contribution < 1.29 is 13.5 Å². The van der Waals surface area contributed by atoms with Crippen LogP contribution in [0.2, 0.25) is 5.15 Å². The summed E-state index contributed by atoms with van der Waals surface area (Å²) < 4.78 is 25.8. The first-order valence-electron chi connectivity index (χ1n) is 5.12. The first kappa shape index (κ1) is 14.4. The van der Waals surface area contributed by atoms with E-state index in [0.29, 0.717) is 0 Å². The van der Waals surface area contributed by atoms with Gasteiger partial charge >= 0.3 is 0 Å². The number of nitrogens with zero attached hydrogens (tertiary/aromatic N) is 1. The molecule has 2 N–H and O–H groups in total. The Morgan fingerprint density at radius 1 is 1.47 bits per heavy atom. The molecule has 0 radical (unpaired) electrons. The Labute approximate surface area is 106 Å². The first-order chi connectivity index (χ1) is 7.83. The minimum atomic E-state index is -3.64. The van der Waals surface area contributed by atoms with E-state index < -0.39 is 16.1 Å². The third kappa shape index (κ3) is 4.23. The van der Waals surface area contributed by atoms with Crippen LogP contribution in [0.5, 0.6) is 0 Å². The normalized spacial score (nSPS) is 13.9. The van der Waals surface area contributed by atoms with E-state index in [0.717, 1.165) is 0 Å². The lowest BCUT2D eigenvalue weighted by Gasteiger charge is -2.15. The summed E-state index contributed by atoms with van der Waals surface area (Å²) in [7, 11) is -3.64. The molecule has 1 rings (SSSR count). The van der Waals surface area contributed by atoms with E-state index in [9.17, 15) is 13.5 Å². The van der Waals surface area contributed by atoms with E-state index in [1.165, 1.54) is 18.3 Å². The van der Waals surface area contributed by atoms with Gasteiger partial charge in [0, 0.05) is 12.7 Å². The molecule has 96 valence electrons. The van der Waals surface area contributed by atoms with Crippen LogP contribution in [0.15, 0.2) is 23.2 Å². The van der Waals surface area contributed by atoms with Crippen LogP contribution >= 0.6 is 11.6 Å². The number of pyridine rings is 1. The summed E-state index contributed by atoms with van der Waals surface area (Å²) in [5.74, 6) is -0.0129. The Bertz CT molecular complexity index is 459. The van der Waals surface area contributed by atoms with Crippen molar-refractivity contribution in [2.45, 2.75) is 24.8 Å². The Morgan fingerprint density at radius 3 is 2.59 bits per heavy atom. The topological polar surface area (TPSA) is 79.3 Å². The number of rotatable bonds is 5. The second kappa shape index (κ2) is 5.77. The van der Waals surface area contributed by atoms with Gasteiger partial charge in [-0.25, -0.2) is 18.1 Å². The number of aromatic nitrogens is 1. The lowest BCUT2D eigenvalue weighted by Crippen LogP contribution is -2.34. The van der Waals surface area contributed by atoms with Crippen LogP contribution < -0.4 is 4.72 Å². The van der Waals surface area contributed by atoms with Crippen LogP contribution in [-0.4, -0.2) is 31.2 Å². The highest BCUT2D eigenvalue weighted by Gasteiger charge is 2.17. The first-order valence-corrected chi connectivity index (χ1v) is 6.98. The fourth-order valence-electron chi connectivity index (χ4n) is 1.04. The van der Waals surface area contributed by atoms with E-state index in [-0.39, 0.29) is 22.5 Å². The molecule has 1 unspecified atom stereocenters. The van der Waals surface area contributed by atoms with Crippen molar-refractivity contribution in [2.24, 2.45) is 5.92 Å². The average Bonchev–Trinajstić information content (AvgIpc) is 2.26. The maximum Gasteiger partial charge on any atom is 0.242 e. The molecule has 1 atom stereocenters. The van der Waals surface area contributed by atoms with Crippen molar-refractivity contribution in [3.63, 3.8) is 0 Å². The highest BCUT2D eigenvalue weighted by molar-refractivity contribution is 7.89. The second-order valence-electron chi connectivity index (χ2n) is 3.98. The molecule has 0 aromatic carbocycles. The number of hydrogen-bond acceptors (Lipinski definition) is 4. The highest BCUT2D eigenvalue weighted by Crippen LogP contribution is 2.11. The minimum absolute atomic E-state index is 0.0129. The number of halogens is 1. The number of aliphatic hydroxyl groups is 1. The third-order valence-corrected chi connectivity index (χ3v) is 3.89. The fraction of sp³-hybridized carbons (Fsp3) is 0.500. The molecule has 0 aliphatic rings.